The number of pyridine rings is 1. The Morgan fingerprint density at radius 3 is 2.62 bits per heavy atom. The molecule has 174 valence electrons. The average Bonchev–Trinajstić information content (AvgIpc) is 2.85. The molecule has 1 aliphatic rings. The summed E-state index contributed by atoms with van der Waals surface area (Å²) in [6.45, 7) is 7.47. The number of aliphatic imine (C=N–C) groups is 1. The van der Waals surface area contributed by atoms with Crippen molar-refractivity contribution in [2.45, 2.75) is 19.4 Å². The van der Waals surface area contributed by atoms with Crippen LogP contribution in [0.15, 0.2) is 47.6 Å². The van der Waals surface area contributed by atoms with Crippen LogP contribution in [0.4, 0.5) is 0 Å². The molecule has 1 fully saturated rings. The van der Waals surface area contributed by atoms with Crippen molar-refractivity contribution >= 4 is 5.96 Å². The number of morpholine rings is 1. The van der Waals surface area contributed by atoms with E-state index in [2.05, 4.69) is 39.6 Å². The molecule has 0 amide bonds. The van der Waals surface area contributed by atoms with E-state index >= 15 is 0 Å². The van der Waals surface area contributed by atoms with Crippen molar-refractivity contribution in [3.05, 3.63) is 53.9 Å². The van der Waals surface area contributed by atoms with E-state index in [1.165, 1.54) is 0 Å². The van der Waals surface area contributed by atoms with E-state index in [1.54, 1.807) is 14.2 Å². The molecule has 3 rings (SSSR count). The minimum Gasteiger partial charge on any atom is -0.493 e. The lowest BCUT2D eigenvalue weighted by Crippen LogP contribution is -2.42. The maximum Gasteiger partial charge on any atom is 0.191 e. The van der Waals surface area contributed by atoms with Crippen LogP contribution in [0.2, 0.25) is 0 Å². The third-order valence-electron chi connectivity index (χ3n) is 5.45. The summed E-state index contributed by atoms with van der Waals surface area (Å²) < 4.78 is 16.5. The minimum atomic E-state index is 0.116. The lowest BCUT2D eigenvalue weighted by Gasteiger charge is -2.34. The molecule has 1 atom stereocenters. The molecule has 1 aromatic carbocycles. The summed E-state index contributed by atoms with van der Waals surface area (Å²) in [6.07, 6.45) is 2.67. The zero-order chi connectivity index (χ0) is 22.6. The van der Waals surface area contributed by atoms with Gasteiger partial charge in [-0.05, 0) is 36.8 Å². The van der Waals surface area contributed by atoms with Crippen molar-refractivity contribution in [3.63, 3.8) is 0 Å². The summed E-state index contributed by atoms with van der Waals surface area (Å²) in [5.41, 5.74) is 2.21. The molecule has 1 aliphatic heterocycles. The van der Waals surface area contributed by atoms with Gasteiger partial charge in [-0.2, -0.15) is 0 Å². The van der Waals surface area contributed by atoms with Gasteiger partial charge in [0.05, 0.1) is 40.0 Å². The number of hydrogen-bond donors (Lipinski definition) is 2. The van der Waals surface area contributed by atoms with Crippen LogP contribution >= 0.6 is 0 Å². The van der Waals surface area contributed by atoms with Crippen LogP contribution < -0.4 is 20.1 Å². The number of aromatic nitrogens is 1. The maximum absolute atomic E-state index is 5.57. The van der Waals surface area contributed by atoms with Gasteiger partial charge in [-0.3, -0.25) is 14.9 Å². The van der Waals surface area contributed by atoms with Gasteiger partial charge in [-0.1, -0.05) is 12.1 Å². The van der Waals surface area contributed by atoms with E-state index in [1.807, 2.05) is 30.5 Å². The van der Waals surface area contributed by atoms with Crippen LogP contribution in [0.25, 0.3) is 0 Å². The Morgan fingerprint density at radius 1 is 1.12 bits per heavy atom. The van der Waals surface area contributed by atoms with Gasteiger partial charge in [0, 0.05) is 44.5 Å². The molecule has 2 aromatic rings. The van der Waals surface area contributed by atoms with Crippen LogP contribution in [-0.4, -0.2) is 76.0 Å². The third-order valence-corrected chi connectivity index (χ3v) is 5.45. The molecular weight excluding hydrogens is 406 g/mol. The fraction of sp³-hybridized carbons (Fsp3) is 0.500. The molecule has 8 heteroatoms. The second kappa shape index (κ2) is 12.9. The van der Waals surface area contributed by atoms with Crippen LogP contribution in [-0.2, 0) is 11.2 Å². The first kappa shape index (κ1) is 23.8. The predicted molar refractivity (Wildman–Crippen MR) is 127 cm³/mol. The van der Waals surface area contributed by atoms with E-state index in [-0.39, 0.29) is 6.04 Å². The first-order valence-electron chi connectivity index (χ1n) is 11.2. The summed E-state index contributed by atoms with van der Waals surface area (Å²) in [7, 11) is 3.32. The normalized spacial score (nSPS) is 15.8. The zero-order valence-electron chi connectivity index (χ0n) is 19.3. The quantitative estimate of drug-likeness (QED) is 0.432. The molecule has 32 heavy (non-hydrogen) atoms. The van der Waals surface area contributed by atoms with Crippen LogP contribution in [0.3, 0.4) is 0 Å². The largest absolute Gasteiger partial charge is 0.493 e. The van der Waals surface area contributed by atoms with E-state index in [4.69, 9.17) is 19.2 Å². The summed E-state index contributed by atoms with van der Waals surface area (Å²) in [5.74, 6) is 2.26. The van der Waals surface area contributed by atoms with Crippen molar-refractivity contribution in [1.82, 2.24) is 20.5 Å². The topological polar surface area (TPSA) is 80.2 Å². The zero-order valence-corrected chi connectivity index (χ0v) is 19.3. The molecule has 0 spiro atoms. The van der Waals surface area contributed by atoms with Crippen LogP contribution in [0.1, 0.15) is 24.2 Å². The lowest BCUT2D eigenvalue weighted by atomic mass is 10.0. The van der Waals surface area contributed by atoms with E-state index in [9.17, 15) is 0 Å². The van der Waals surface area contributed by atoms with Gasteiger partial charge in [-0.15, -0.1) is 0 Å². The standard InChI is InChI=1S/C24H35N5O3/c1-4-25-24(27-12-10-20-7-5-6-11-26-20)28-18-21(29-13-15-32-16-14-29)19-8-9-22(30-2)23(17-19)31-3/h5-9,11,17,21H,4,10,12-16,18H2,1-3H3,(H2,25,27,28). The third kappa shape index (κ3) is 6.83. The van der Waals surface area contributed by atoms with Gasteiger partial charge < -0.3 is 24.8 Å². The summed E-state index contributed by atoms with van der Waals surface area (Å²) in [6, 6.07) is 12.2. The SMILES string of the molecule is CCNC(=NCC(c1ccc(OC)c(OC)c1)N1CCOCC1)NCCc1ccccn1. The number of rotatable bonds is 10. The molecule has 1 unspecified atom stereocenters. The maximum atomic E-state index is 5.57. The van der Waals surface area contributed by atoms with Crippen molar-refractivity contribution in [2.75, 3.05) is 60.2 Å². The van der Waals surface area contributed by atoms with Crippen LogP contribution in [0, 0.1) is 0 Å². The minimum absolute atomic E-state index is 0.116. The fourth-order valence-electron chi connectivity index (χ4n) is 3.76. The molecule has 0 bridgehead atoms. The van der Waals surface area contributed by atoms with Crippen molar-refractivity contribution in [2.24, 2.45) is 4.99 Å². The summed E-state index contributed by atoms with van der Waals surface area (Å²) in [5, 5.41) is 6.78. The van der Waals surface area contributed by atoms with Crippen molar-refractivity contribution in [3.8, 4) is 11.5 Å². The van der Waals surface area contributed by atoms with E-state index in [0.717, 1.165) is 74.5 Å². The summed E-state index contributed by atoms with van der Waals surface area (Å²) in [4.78, 5) is 11.7. The molecule has 1 aromatic heterocycles. The first-order valence-corrected chi connectivity index (χ1v) is 11.2. The molecular formula is C24H35N5O3. The van der Waals surface area contributed by atoms with Crippen molar-refractivity contribution < 1.29 is 14.2 Å². The Labute approximate surface area is 191 Å². The summed E-state index contributed by atoms with van der Waals surface area (Å²) >= 11 is 0. The van der Waals surface area contributed by atoms with Crippen LogP contribution in [0.5, 0.6) is 11.5 Å². The average molecular weight is 442 g/mol. The number of benzene rings is 1. The van der Waals surface area contributed by atoms with Gasteiger partial charge in [0.15, 0.2) is 17.5 Å². The molecule has 0 radical (unpaired) electrons. The fourth-order valence-corrected chi connectivity index (χ4v) is 3.76. The monoisotopic (exact) mass is 441 g/mol. The number of nitrogens with one attached hydrogen (secondary N) is 2. The second-order valence-corrected chi connectivity index (χ2v) is 7.50. The highest BCUT2D eigenvalue weighted by Gasteiger charge is 2.24. The Morgan fingerprint density at radius 2 is 1.94 bits per heavy atom. The Bertz CT molecular complexity index is 841. The number of hydrogen-bond acceptors (Lipinski definition) is 6. The highest BCUT2D eigenvalue weighted by atomic mass is 16.5. The van der Waals surface area contributed by atoms with Crippen molar-refractivity contribution in [1.29, 1.82) is 0 Å². The highest BCUT2D eigenvalue weighted by molar-refractivity contribution is 5.79. The van der Waals surface area contributed by atoms with Gasteiger partial charge in [0.25, 0.3) is 0 Å². The Balaban J connectivity index is 1.73. The second-order valence-electron chi connectivity index (χ2n) is 7.50. The molecule has 2 heterocycles. The van der Waals surface area contributed by atoms with Gasteiger partial charge in [-0.25, -0.2) is 0 Å². The Hall–Kier alpha value is -2.84. The molecule has 0 aliphatic carbocycles. The highest BCUT2D eigenvalue weighted by Crippen LogP contribution is 2.32. The predicted octanol–water partition coefficient (Wildman–Crippen LogP) is 2.27. The molecule has 2 N–H and O–H groups in total. The smallest absolute Gasteiger partial charge is 0.191 e. The molecule has 1 saturated heterocycles. The number of methoxy groups -OCH3 is 2. The van der Waals surface area contributed by atoms with Gasteiger partial charge in [0.1, 0.15) is 0 Å². The van der Waals surface area contributed by atoms with E-state index < -0.39 is 0 Å². The van der Waals surface area contributed by atoms with E-state index in [0.29, 0.717) is 6.54 Å². The Kier molecular flexibility index (Phi) is 9.59. The number of ether oxygens (including phenoxy) is 3. The number of nitrogens with zero attached hydrogens (tertiary/aromatic N) is 3. The lowest BCUT2D eigenvalue weighted by molar-refractivity contribution is 0.0179. The molecule has 8 nitrogen and oxygen atoms in total. The van der Waals surface area contributed by atoms with Gasteiger partial charge >= 0.3 is 0 Å². The van der Waals surface area contributed by atoms with Gasteiger partial charge in [0.2, 0.25) is 0 Å². The first-order chi connectivity index (χ1) is 15.7. The molecule has 0 saturated carbocycles. The number of guanidine groups is 1.